The molecule has 1 aliphatic heterocycles. The lowest BCUT2D eigenvalue weighted by molar-refractivity contribution is 0.326. The molecule has 0 atom stereocenters. The van der Waals surface area contributed by atoms with Gasteiger partial charge in [-0.05, 0) is 19.1 Å². The molecule has 2 aromatic rings. The van der Waals surface area contributed by atoms with E-state index in [1.54, 1.807) is 6.07 Å². The number of ether oxygens (including phenoxy) is 2. The summed E-state index contributed by atoms with van der Waals surface area (Å²) in [7, 11) is 1.47. The average molecular weight is 332 g/mol. The number of hydrogen-bond acceptors (Lipinski definition) is 6. The predicted molar refractivity (Wildman–Crippen MR) is 90.6 cm³/mol. The van der Waals surface area contributed by atoms with E-state index in [0.717, 1.165) is 37.7 Å². The SMILES string of the molecule is CCOc1cc(N2CCN(c3ccc(OC)c(F)c3)CC2)ncn1. The third-order valence-corrected chi connectivity index (χ3v) is 4.02. The maximum Gasteiger partial charge on any atom is 0.218 e. The van der Waals surface area contributed by atoms with Crippen LogP contribution in [-0.4, -0.2) is 49.9 Å². The molecule has 0 radical (unpaired) electrons. The Morgan fingerprint density at radius 3 is 2.50 bits per heavy atom. The molecule has 7 heteroatoms. The lowest BCUT2D eigenvalue weighted by Crippen LogP contribution is -2.46. The molecule has 1 aromatic carbocycles. The van der Waals surface area contributed by atoms with Gasteiger partial charge in [0.15, 0.2) is 11.6 Å². The lowest BCUT2D eigenvalue weighted by atomic mass is 10.2. The number of methoxy groups -OCH3 is 1. The molecule has 0 aliphatic carbocycles. The number of halogens is 1. The van der Waals surface area contributed by atoms with Crippen LogP contribution < -0.4 is 19.3 Å². The van der Waals surface area contributed by atoms with E-state index in [1.165, 1.54) is 19.5 Å². The van der Waals surface area contributed by atoms with Crippen molar-refractivity contribution in [2.75, 3.05) is 49.7 Å². The van der Waals surface area contributed by atoms with Crippen LogP contribution in [0.3, 0.4) is 0 Å². The number of hydrogen-bond donors (Lipinski definition) is 0. The second-order valence-corrected chi connectivity index (χ2v) is 5.44. The predicted octanol–water partition coefficient (Wildman–Crippen LogP) is 2.35. The fourth-order valence-electron chi connectivity index (χ4n) is 2.78. The molecular weight excluding hydrogens is 311 g/mol. The largest absolute Gasteiger partial charge is 0.494 e. The summed E-state index contributed by atoms with van der Waals surface area (Å²) in [5, 5.41) is 0. The monoisotopic (exact) mass is 332 g/mol. The smallest absolute Gasteiger partial charge is 0.218 e. The number of piperazine rings is 1. The first-order valence-corrected chi connectivity index (χ1v) is 7.99. The van der Waals surface area contributed by atoms with Crippen LogP contribution in [0.2, 0.25) is 0 Å². The van der Waals surface area contributed by atoms with E-state index < -0.39 is 0 Å². The summed E-state index contributed by atoms with van der Waals surface area (Å²) < 4.78 is 24.3. The molecule has 6 nitrogen and oxygen atoms in total. The fraction of sp³-hybridized carbons (Fsp3) is 0.412. The van der Waals surface area contributed by atoms with Gasteiger partial charge in [-0.25, -0.2) is 14.4 Å². The third kappa shape index (κ3) is 3.50. The summed E-state index contributed by atoms with van der Waals surface area (Å²) >= 11 is 0. The summed E-state index contributed by atoms with van der Waals surface area (Å²) in [4.78, 5) is 12.7. The number of anilines is 2. The van der Waals surface area contributed by atoms with E-state index in [0.29, 0.717) is 12.5 Å². The fourth-order valence-corrected chi connectivity index (χ4v) is 2.78. The van der Waals surface area contributed by atoms with Crippen molar-refractivity contribution in [1.29, 1.82) is 0 Å². The molecule has 0 unspecified atom stereocenters. The highest BCUT2D eigenvalue weighted by atomic mass is 19.1. The third-order valence-electron chi connectivity index (χ3n) is 4.02. The van der Waals surface area contributed by atoms with E-state index in [2.05, 4.69) is 19.8 Å². The molecule has 1 aliphatic rings. The zero-order valence-electron chi connectivity index (χ0n) is 13.9. The molecule has 24 heavy (non-hydrogen) atoms. The maximum atomic E-state index is 13.9. The molecule has 0 bridgehead atoms. The molecule has 0 spiro atoms. The summed E-state index contributed by atoms with van der Waals surface area (Å²) in [6, 6.07) is 6.92. The lowest BCUT2D eigenvalue weighted by Gasteiger charge is -2.36. The summed E-state index contributed by atoms with van der Waals surface area (Å²) in [5.74, 6) is 1.37. The van der Waals surface area contributed by atoms with Crippen molar-refractivity contribution in [2.45, 2.75) is 6.92 Å². The van der Waals surface area contributed by atoms with E-state index in [4.69, 9.17) is 9.47 Å². The van der Waals surface area contributed by atoms with Gasteiger partial charge >= 0.3 is 0 Å². The molecular formula is C17H21FN4O2. The van der Waals surface area contributed by atoms with Crippen LogP contribution in [0.25, 0.3) is 0 Å². The van der Waals surface area contributed by atoms with E-state index >= 15 is 0 Å². The van der Waals surface area contributed by atoms with Gasteiger partial charge in [0.2, 0.25) is 5.88 Å². The molecule has 2 heterocycles. The van der Waals surface area contributed by atoms with Crippen LogP contribution in [0.5, 0.6) is 11.6 Å². The van der Waals surface area contributed by atoms with Crippen LogP contribution in [0.4, 0.5) is 15.9 Å². The Kier molecular flexibility index (Phi) is 4.98. The Labute approximate surface area is 140 Å². The van der Waals surface area contributed by atoms with E-state index in [-0.39, 0.29) is 11.6 Å². The zero-order chi connectivity index (χ0) is 16.9. The molecule has 1 saturated heterocycles. The molecule has 1 aromatic heterocycles. The Hall–Kier alpha value is -2.57. The molecule has 3 rings (SSSR count). The van der Waals surface area contributed by atoms with Crippen molar-refractivity contribution < 1.29 is 13.9 Å². The minimum absolute atomic E-state index is 0.266. The summed E-state index contributed by atoms with van der Waals surface area (Å²) in [6.07, 6.45) is 1.52. The highest BCUT2D eigenvalue weighted by molar-refractivity contribution is 5.52. The number of benzene rings is 1. The van der Waals surface area contributed by atoms with E-state index in [9.17, 15) is 4.39 Å². The van der Waals surface area contributed by atoms with Gasteiger partial charge in [-0.2, -0.15) is 0 Å². The van der Waals surface area contributed by atoms with Gasteiger partial charge in [0.1, 0.15) is 12.1 Å². The molecule has 0 amide bonds. The summed E-state index contributed by atoms with van der Waals surface area (Å²) in [5.41, 5.74) is 0.866. The van der Waals surface area contributed by atoms with Crippen molar-refractivity contribution in [1.82, 2.24) is 9.97 Å². The summed E-state index contributed by atoms with van der Waals surface area (Å²) in [6.45, 7) is 5.69. The van der Waals surface area contributed by atoms with Gasteiger partial charge in [0.25, 0.3) is 0 Å². The van der Waals surface area contributed by atoms with Crippen LogP contribution in [0.15, 0.2) is 30.6 Å². The normalized spacial score (nSPS) is 14.6. The first-order valence-electron chi connectivity index (χ1n) is 7.99. The topological polar surface area (TPSA) is 50.7 Å². The van der Waals surface area contributed by atoms with Crippen molar-refractivity contribution in [2.24, 2.45) is 0 Å². The zero-order valence-corrected chi connectivity index (χ0v) is 13.9. The van der Waals surface area contributed by atoms with E-state index in [1.807, 2.05) is 19.1 Å². The van der Waals surface area contributed by atoms with Crippen LogP contribution >= 0.6 is 0 Å². The molecule has 0 saturated carbocycles. The standard InChI is InChI=1S/C17H21FN4O2/c1-3-24-17-11-16(19-12-20-17)22-8-6-21(7-9-22)13-4-5-15(23-2)14(18)10-13/h4-5,10-12H,3,6-9H2,1-2H3. The average Bonchev–Trinajstić information content (AvgIpc) is 2.62. The highest BCUT2D eigenvalue weighted by Gasteiger charge is 2.20. The van der Waals surface area contributed by atoms with Crippen molar-refractivity contribution in [3.8, 4) is 11.6 Å². The Bertz CT molecular complexity index is 690. The minimum Gasteiger partial charge on any atom is -0.494 e. The van der Waals surface area contributed by atoms with Gasteiger partial charge in [-0.3, -0.25) is 0 Å². The Morgan fingerprint density at radius 1 is 1.08 bits per heavy atom. The van der Waals surface area contributed by atoms with Crippen LogP contribution in [-0.2, 0) is 0 Å². The maximum absolute atomic E-state index is 13.9. The van der Waals surface area contributed by atoms with Gasteiger partial charge in [0.05, 0.1) is 13.7 Å². The first kappa shape index (κ1) is 16.3. The van der Waals surface area contributed by atoms with Gasteiger partial charge in [-0.15, -0.1) is 0 Å². The second kappa shape index (κ2) is 7.33. The molecule has 0 N–H and O–H groups in total. The quantitative estimate of drug-likeness (QED) is 0.838. The first-order chi connectivity index (χ1) is 11.7. The second-order valence-electron chi connectivity index (χ2n) is 5.44. The molecule has 128 valence electrons. The number of nitrogens with zero attached hydrogens (tertiary/aromatic N) is 4. The van der Waals surface area contributed by atoms with Gasteiger partial charge in [-0.1, -0.05) is 0 Å². The minimum atomic E-state index is -0.338. The van der Waals surface area contributed by atoms with Crippen LogP contribution in [0.1, 0.15) is 6.92 Å². The highest BCUT2D eigenvalue weighted by Crippen LogP contribution is 2.25. The Morgan fingerprint density at radius 2 is 1.83 bits per heavy atom. The molecule has 1 fully saturated rings. The van der Waals surface area contributed by atoms with Crippen molar-refractivity contribution in [3.05, 3.63) is 36.4 Å². The number of rotatable bonds is 5. The van der Waals surface area contributed by atoms with Crippen LogP contribution in [0, 0.1) is 5.82 Å². The van der Waals surface area contributed by atoms with Gasteiger partial charge in [0, 0.05) is 44.0 Å². The number of aromatic nitrogens is 2. The Balaban J connectivity index is 1.65. The van der Waals surface area contributed by atoms with Crippen molar-refractivity contribution >= 4 is 11.5 Å². The van der Waals surface area contributed by atoms with Gasteiger partial charge < -0.3 is 19.3 Å². The van der Waals surface area contributed by atoms with Crippen molar-refractivity contribution in [3.63, 3.8) is 0 Å².